The van der Waals surface area contributed by atoms with Gasteiger partial charge in [-0.05, 0) is 24.9 Å². The fourth-order valence-electron chi connectivity index (χ4n) is 1.69. The molecule has 2 atom stereocenters. The highest BCUT2D eigenvalue weighted by atomic mass is 28.3. The summed E-state index contributed by atoms with van der Waals surface area (Å²) < 4.78 is 10.5. The van der Waals surface area contributed by atoms with Crippen LogP contribution in [-0.2, 0) is 14.0 Å². The van der Waals surface area contributed by atoms with Gasteiger partial charge in [-0.1, -0.05) is 6.42 Å². The Morgan fingerprint density at radius 2 is 2.31 bits per heavy atom. The molecule has 1 aliphatic heterocycles. The van der Waals surface area contributed by atoms with Crippen LogP contribution < -0.4 is 0 Å². The average molecular weight is 248 g/mol. The van der Waals surface area contributed by atoms with E-state index in [0.717, 1.165) is 19.1 Å². The fraction of sp³-hybridized carbons (Fsp3) is 0.900. The fourth-order valence-corrected chi connectivity index (χ4v) is 4.18. The van der Waals surface area contributed by atoms with Gasteiger partial charge >= 0.3 is 5.97 Å². The van der Waals surface area contributed by atoms with Crippen molar-refractivity contribution in [2.75, 3.05) is 19.8 Å². The molecule has 1 aliphatic rings. The SMILES string of the molecule is O=C(OCCC[SiH]1CCCCO1)C(O)CO. The van der Waals surface area contributed by atoms with Gasteiger partial charge < -0.3 is 19.4 Å². The van der Waals surface area contributed by atoms with Gasteiger partial charge in [0.25, 0.3) is 0 Å². The second kappa shape index (κ2) is 7.78. The molecule has 6 heteroatoms. The lowest BCUT2D eigenvalue weighted by atomic mass is 10.4. The van der Waals surface area contributed by atoms with Crippen molar-refractivity contribution in [3.8, 4) is 0 Å². The van der Waals surface area contributed by atoms with Crippen molar-refractivity contribution < 1.29 is 24.2 Å². The summed E-state index contributed by atoms with van der Waals surface area (Å²) in [6.07, 6.45) is 1.82. The van der Waals surface area contributed by atoms with Crippen molar-refractivity contribution in [1.82, 2.24) is 0 Å². The van der Waals surface area contributed by atoms with E-state index in [1.807, 2.05) is 0 Å². The van der Waals surface area contributed by atoms with E-state index >= 15 is 0 Å². The van der Waals surface area contributed by atoms with Crippen LogP contribution in [0.4, 0.5) is 0 Å². The molecule has 2 N–H and O–H groups in total. The van der Waals surface area contributed by atoms with Crippen molar-refractivity contribution in [3.05, 3.63) is 0 Å². The monoisotopic (exact) mass is 248 g/mol. The molecule has 0 aromatic rings. The zero-order valence-corrected chi connectivity index (χ0v) is 10.6. The lowest BCUT2D eigenvalue weighted by Gasteiger charge is -2.20. The highest BCUT2D eigenvalue weighted by Gasteiger charge is 2.17. The summed E-state index contributed by atoms with van der Waals surface area (Å²) in [5, 5.41) is 17.4. The Morgan fingerprint density at radius 3 is 2.94 bits per heavy atom. The van der Waals surface area contributed by atoms with Crippen LogP contribution in [0.1, 0.15) is 19.3 Å². The summed E-state index contributed by atoms with van der Waals surface area (Å²) in [7, 11) is -1.02. The summed E-state index contributed by atoms with van der Waals surface area (Å²) in [6, 6.07) is 2.23. The van der Waals surface area contributed by atoms with Crippen LogP contribution in [-0.4, -0.2) is 51.1 Å². The maximum atomic E-state index is 11.0. The molecule has 1 saturated heterocycles. The van der Waals surface area contributed by atoms with Gasteiger partial charge in [-0.25, -0.2) is 4.79 Å². The maximum Gasteiger partial charge on any atom is 0.337 e. The van der Waals surface area contributed by atoms with E-state index in [4.69, 9.17) is 19.4 Å². The van der Waals surface area contributed by atoms with Gasteiger partial charge in [-0.15, -0.1) is 0 Å². The van der Waals surface area contributed by atoms with Crippen molar-refractivity contribution >= 4 is 15.0 Å². The van der Waals surface area contributed by atoms with E-state index < -0.39 is 27.7 Å². The summed E-state index contributed by atoms with van der Waals surface area (Å²) >= 11 is 0. The number of aliphatic hydroxyl groups excluding tert-OH is 2. The van der Waals surface area contributed by atoms with Gasteiger partial charge in [0.2, 0.25) is 0 Å². The molecule has 1 rings (SSSR count). The Labute approximate surface area is 97.1 Å². The molecular weight excluding hydrogens is 228 g/mol. The molecule has 0 bridgehead atoms. The first kappa shape index (κ1) is 13.6. The van der Waals surface area contributed by atoms with E-state index in [9.17, 15) is 4.79 Å². The Balaban J connectivity index is 2.00. The summed E-state index contributed by atoms with van der Waals surface area (Å²) in [6.45, 7) is 0.613. The van der Waals surface area contributed by atoms with Crippen molar-refractivity contribution in [1.29, 1.82) is 0 Å². The molecule has 0 aliphatic carbocycles. The average Bonchev–Trinajstić information content (AvgIpc) is 2.34. The molecule has 0 radical (unpaired) electrons. The number of esters is 1. The molecule has 0 amide bonds. The molecular formula is C10H20O5Si. The number of hydrogen-bond acceptors (Lipinski definition) is 5. The van der Waals surface area contributed by atoms with E-state index in [-0.39, 0.29) is 0 Å². The molecule has 0 saturated carbocycles. The second-order valence-corrected chi connectivity index (χ2v) is 6.73. The first-order chi connectivity index (χ1) is 7.74. The number of carbonyl (C=O) groups excluding carboxylic acids is 1. The third-order valence-electron chi connectivity index (χ3n) is 2.63. The first-order valence-corrected chi connectivity index (χ1v) is 7.91. The Hall–Kier alpha value is -0.433. The first-order valence-electron chi connectivity index (χ1n) is 5.81. The van der Waals surface area contributed by atoms with Gasteiger partial charge in [0.05, 0.1) is 13.2 Å². The number of rotatable bonds is 6. The van der Waals surface area contributed by atoms with Gasteiger partial charge in [0.15, 0.2) is 15.1 Å². The van der Waals surface area contributed by atoms with E-state index in [1.54, 1.807) is 0 Å². The molecule has 2 unspecified atom stereocenters. The lowest BCUT2D eigenvalue weighted by molar-refractivity contribution is -0.155. The van der Waals surface area contributed by atoms with Crippen LogP contribution in [0.2, 0.25) is 12.1 Å². The third kappa shape index (κ3) is 5.07. The van der Waals surface area contributed by atoms with Crippen LogP contribution >= 0.6 is 0 Å². The van der Waals surface area contributed by atoms with Crippen molar-refractivity contribution in [2.24, 2.45) is 0 Å². The molecule has 5 nitrogen and oxygen atoms in total. The number of carbonyl (C=O) groups is 1. The predicted molar refractivity (Wildman–Crippen MR) is 60.6 cm³/mol. The molecule has 0 aromatic carbocycles. The summed E-state index contributed by atoms with van der Waals surface area (Å²) in [5.74, 6) is -0.742. The Morgan fingerprint density at radius 1 is 1.50 bits per heavy atom. The van der Waals surface area contributed by atoms with E-state index in [1.165, 1.54) is 18.9 Å². The van der Waals surface area contributed by atoms with Gasteiger partial charge in [0, 0.05) is 6.61 Å². The molecule has 1 heterocycles. The molecule has 16 heavy (non-hydrogen) atoms. The van der Waals surface area contributed by atoms with Crippen molar-refractivity contribution in [3.63, 3.8) is 0 Å². The van der Waals surface area contributed by atoms with E-state index in [2.05, 4.69) is 0 Å². The zero-order valence-electron chi connectivity index (χ0n) is 9.43. The lowest BCUT2D eigenvalue weighted by Crippen LogP contribution is -2.27. The Kier molecular flexibility index (Phi) is 6.63. The normalized spacial score (nSPS) is 22.8. The molecule has 1 fully saturated rings. The minimum absolute atomic E-state index is 0.308. The number of ether oxygens (including phenoxy) is 1. The highest BCUT2D eigenvalue weighted by Crippen LogP contribution is 2.15. The van der Waals surface area contributed by atoms with Crippen LogP contribution in [0, 0.1) is 0 Å². The van der Waals surface area contributed by atoms with Gasteiger partial charge in [-0.3, -0.25) is 0 Å². The van der Waals surface area contributed by atoms with Gasteiger partial charge in [0.1, 0.15) is 0 Å². The molecule has 94 valence electrons. The molecule has 0 spiro atoms. The smallest absolute Gasteiger partial charge is 0.337 e. The quantitative estimate of drug-likeness (QED) is 0.387. The third-order valence-corrected chi connectivity index (χ3v) is 5.45. The standard InChI is InChI=1S/C10H20O5Si/c11-8-9(12)10(13)14-4-3-7-16-6-2-1-5-15-16/h9,11-12,16H,1-8H2. The number of hydrogen-bond donors (Lipinski definition) is 2. The zero-order chi connectivity index (χ0) is 11.8. The maximum absolute atomic E-state index is 11.0. The second-order valence-electron chi connectivity index (χ2n) is 4.00. The summed E-state index contributed by atoms with van der Waals surface area (Å²) in [5.41, 5.74) is 0. The number of aliphatic hydroxyl groups is 2. The topological polar surface area (TPSA) is 76.0 Å². The minimum atomic E-state index is -1.40. The van der Waals surface area contributed by atoms with E-state index in [0.29, 0.717) is 6.61 Å². The molecule has 0 aromatic heterocycles. The van der Waals surface area contributed by atoms with Crippen LogP contribution in [0.25, 0.3) is 0 Å². The largest absolute Gasteiger partial charge is 0.464 e. The van der Waals surface area contributed by atoms with Crippen molar-refractivity contribution in [2.45, 2.75) is 37.5 Å². The van der Waals surface area contributed by atoms with Crippen LogP contribution in [0.5, 0.6) is 0 Å². The Bertz CT molecular complexity index is 205. The van der Waals surface area contributed by atoms with Gasteiger partial charge in [-0.2, -0.15) is 0 Å². The minimum Gasteiger partial charge on any atom is -0.464 e. The predicted octanol–water partition coefficient (Wildman–Crippen LogP) is -0.193. The highest BCUT2D eigenvalue weighted by molar-refractivity contribution is 6.51. The summed E-state index contributed by atoms with van der Waals surface area (Å²) in [4.78, 5) is 11.0. The van der Waals surface area contributed by atoms with Crippen LogP contribution in [0.3, 0.4) is 0 Å². The van der Waals surface area contributed by atoms with Crippen LogP contribution in [0.15, 0.2) is 0 Å².